The molecule has 0 fully saturated rings. The number of rotatable bonds is 7. The maximum atomic E-state index is 12.9. The number of hydrogen-bond acceptors (Lipinski definition) is 4. The molecule has 0 atom stereocenters. The van der Waals surface area contributed by atoms with Crippen LogP contribution in [-0.2, 0) is 6.42 Å². The van der Waals surface area contributed by atoms with E-state index in [1.54, 1.807) is 12.1 Å². The third kappa shape index (κ3) is 6.73. The molecule has 3 N–H and O–H groups in total. The summed E-state index contributed by atoms with van der Waals surface area (Å²) < 4.78 is 12.9. The number of aryl methyl sites for hydroxylation is 1. The van der Waals surface area contributed by atoms with Crippen molar-refractivity contribution in [2.24, 2.45) is 5.73 Å². The topological polar surface area (TPSA) is 68.0 Å². The molecule has 1 aromatic heterocycles. The summed E-state index contributed by atoms with van der Waals surface area (Å²) in [5.74, 6) is -0.339. The fraction of sp³-hybridized carbons (Fsp3) is 0.375. The van der Waals surface area contributed by atoms with Crippen LogP contribution in [0.5, 0.6) is 0 Å². The monoisotopic (exact) mass is 393 g/mol. The predicted molar refractivity (Wildman–Crippen MR) is 101 cm³/mol. The number of aromatic nitrogens is 1. The van der Waals surface area contributed by atoms with Gasteiger partial charge in [0.05, 0.1) is 10.7 Å². The molecule has 1 amide bonds. The van der Waals surface area contributed by atoms with Gasteiger partial charge in [0, 0.05) is 13.0 Å². The minimum atomic E-state index is -0.253. The minimum absolute atomic E-state index is 0. The lowest BCUT2D eigenvalue weighted by Gasteiger charge is -2.02. The van der Waals surface area contributed by atoms with E-state index in [4.69, 9.17) is 5.73 Å². The first kappa shape index (κ1) is 22.8. The Balaban J connectivity index is 0.00000264. The van der Waals surface area contributed by atoms with Gasteiger partial charge in [0.15, 0.2) is 0 Å². The largest absolute Gasteiger partial charge is 0.351 e. The highest BCUT2D eigenvalue weighted by atomic mass is 35.5. The summed E-state index contributed by atoms with van der Waals surface area (Å²) in [7, 11) is 0. The first-order valence-electron chi connectivity index (χ1n) is 7.29. The van der Waals surface area contributed by atoms with E-state index in [9.17, 15) is 9.18 Å². The summed E-state index contributed by atoms with van der Waals surface area (Å²) >= 11 is 1.39. The number of carbonyl (C=O) groups excluding carboxylic acids is 1. The quantitative estimate of drug-likeness (QED) is 0.707. The van der Waals surface area contributed by atoms with Gasteiger partial charge in [-0.2, -0.15) is 0 Å². The standard InChI is InChI=1S/C16H20FN3OS.2ClH/c1-11-15(16(21)19-9-3-2-8-18)22-14(20-11)10-12-4-6-13(17)7-5-12;;/h4-7H,2-3,8-10,18H2,1H3,(H,19,21);2*1H. The van der Waals surface area contributed by atoms with Crippen molar-refractivity contribution in [3.8, 4) is 0 Å². The molecule has 0 saturated carbocycles. The van der Waals surface area contributed by atoms with Gasteiger partial charge in [0.1, 0.15) is 10.7 Å². The summed E-state index contributed by atoms with van der Waals surface area (Å²) in [5, 5.41) is 3.74. The zero-order chi connectivity index (χ0) is 15.9. The Morgan fingerprint density at radius 1 is 1.25 bits per heavy atom. The van der Waals surface area contributed by atoms with E-state index < -0.39 is 0 Å². The molecule has 8 heteroatoms. The van der Waals surface area contributed by atoms with Crippen LogP contribution in [0.3, 0.4) is 0 Å². The van der Waals surface area contributed by atoms with E-state index in [1.165, 1.54) is 23.5 Å². The molecule has 0 aliphatic carbocycles. The third-order valence-corrected chi connectivity index (χ3v) is 4.39. The fourth-order valence-electron chi connectivity index (χ4n) is 2.07. The fourth-order valence-corrected chi connectivity index (χ4v) is 3.08. The van der Waals surface area contributed by atoms with E-state index in [0.29, 0.717) is 24.4 Å². The van der Waals surface area contributed by atoms with Crippen LogP contribution >= 0.6 is 36.2 Å². The number of thiazole rings is 1. The third-order valence-electron chi connectivity index (χ3n) is 3.23. The smallest absolute Gasteiger partial charge is 0.263 e. The molecule has 134 valence electrons. The number of hydrogen-bond donors (Lipinski definition) is 2. The van der Waals surface area contributed by atoms with Crippen LogP contribution < -0.4 is 11.1 Å². The lowest BCUT2D eigenvalue weighted by Crippen LogP contribution is -2.24. The van der Waals surface area contributed by atoms with Gasteiger partial charge >= 0.3 is 0 Å². The van der Waals surface area contributed by atoms with Crippen LogP contribution in [0.1, 0.15) is 38.8 Å². The number of carbonyl (C=O) groups is 1. The molecule has 2 aromatic rings. The van der Waals surface area contributed by atoms with E-state index in [-0.39, 0.29) is 36.5 Å². The molecule has 1 heterocycles. The van der Waals surface area contributed by atoms with Gasteiger partial charge < -0.3 is 11.1 Å². The number of nitrogens with one attached hydrogen (secondary N) is 1. The van der Waals surface area contributed by atoms with Crippen molar-refractivity contribution in [2.45, 2.75) is 26.2 Å². The highest BCUT2D eigenvalue weighted by Crippen LogP contribution is 2.21. The van der Waals surface area contributed by atoms with E-state index in [0.717, 1.165) is 29.1 Å². The molecular weight excluding hydrogens is 372 g/mol. The first-order chi connectivity index (χ1) is 10.6. The van der Waals surface area contributed by atoms with Crippen molar-refractivity contribution < 1.29 is 9.18 Å². The second-order valence-corrected chi connectivity index (χ2v) is 6.16. The molecule has 0 saturated heterocycles. The Kier molecular flexibility index (Phi) is 10.8. The summed E-state index contributed by atoms with van der Waals surface area (Å²) in [4.78, 5) is 17.2. The second kappa shape index (κ2) is 11.4. The summed E-state index contributed by atoms with van der Waals surface area (Å²) in [5.41, 5.74) is 7.13. The van der Waals surface area contributed by atoms with E-state index >= 15 is 0 Å². The lowest BCUT2D eigenvalue weighted by molar-refractivity contribution is 0.0956. The Hall–Kier alpha value is -1.21. The minimum Gasteiger partial charge on any atom is -0.351 e. The maximum absolute atomic E-state index is 12.9. The average molecular weight is 394 g/mol. The molecule has 1 aromatic carbocycles. The molecule has 0 aliphatic rings. The van der Waals surface area contributed by atoms with Gasteiger partial charge in [-0.05, 0) is 44.0 Å². The molecule has 0 radical (unpaired) electrons. The van der Waals surface area contributed by atoms with Crippen molar-refractivity contribution in [2.75, 3.05) is 13.1 Å². The van der Waals surface area contributed by atoms with Crippen LogP contribution in [0.25, 0.3) is 0 Å². The van der Waals surface area contributed by atoms with Gasteiger partial charge in [-0.15, -0.1) is 36.2 Å². The number of benzene rings is 1. The van der Waals surface area contributed by atoms with Crippen LogP contribution in [-0.4, -0.2) is 24.0 Å². The van der Waals surface area contributed by atoms with Crippen LogP contribution in [0.2, 0.25) is 0 Å². The maximum Gasteiger partial charge on any atom is 0.263 e. The van der Waals surface area contributed by atoms with Gasteiger partial charge in [-0.3, -0.25) is 4.79 Å². The second-order valence-electron chi connectivity index (χ2n) is 5.08. The molecule has 0 aliphatic heterocycles. The first-order valence-corrected chi connectivity index (χ1v) is 8.11. The summed E-state index contributed by atoms with van der Waals surface area (Å²) in [6.07, 6.45) is 2.38. The average Bonchev–Trinajstić information content (AvgIpc) is 2.86. The predicted octanol–water partition coefficient (Wildman–Crippen LogP) is 3.49. The van der Waals surface area contributed by atoms with Crippen molar-refractivity contribution in [3.05, 3.63) is 51.2 Å². The lowest BCUT2D eigenvalue weighted by atomic mass is 10.1. The number of unbranched alkanes of at least 4 members (excludes halogenated alkanes) is 1. The molecule has 0 bridgehead atoms. The SMILES string of the molecule is Cc1nc(Cc2ccc(F)cc2)sc1C(=O)NCCCCN.Cl.Cl. The highest BCUT2D eigenvalue weighted by Gasteiger charge is 2.15. The Bertz CT molecular complexity index is 635. The summed E-state index contributed by atoms with van der Waals surface area (Å²) in [6, 6.07) is 6.33. The van der Waals surface area contributed by atoms with Gasteiger partial charge in [0.2, 0.25) is 0 Å². The van der Waals surface area contributed by atoms with Crippen molar-refractivity contribution in [1.29, 1.82) is 0 Å². The van der Waals surface area contributed by atoms with Crippen molar-refractivity contribution in [3.63, 3.8) is 0 Å². The van der Waals surface area contributed by atoms with Gasteiger partial charge in [-0.1, -0.05) is 12.1 Å². The molecule has 0 unspecified atom stereocenters. The van der Waals surface area contributed by atoms with Crippen molar-refractivity contribution in [1.82, 2.24) is 10.3 Å². The van der Waals surface area contributed by atoms with E-state index in [1.807, 2.05) is 6.92 Å². The Labute approximate surface area is 157 Å². The molecule has 2 rings (SSSR count). The number of amides is 1. The normalized spacial score (nSPS) is 9.79. The molecule has 4 nitrogen and oxygen atoms in total. The number of nitrogens with zero attached hydrogens (tertiary/aromatic N) is 1. The zero-order valence-corrected chi connectivity index (χ0v) is 15.8. The highest BCUT2D eigenvalue weighted by molar-refractivity contribution is 7.13. The van der Waals surface area contributed by atoms with Gasteiger partial charge in [0.25, 0.3) is 5.91 Å². The molecular formula is C16H22Cl2FN3OS. The van der Waals surface area contributed by atoms with Crippen molar-refractivity contribution >= 4 is 42.1 Å². The number of nitrogens with two attached hydrogens (primary N) is 1. The zero-order valence-electron chi connectivity index (χ0n) is 13.4. The molecule has 0 spiro atoms. The van der Waals surface area contributed by atoms with Crippen LogP contribution in [0.4, 0.5) is 4.39 Å². The Morgan fingerprint density at radius 2 is 1.92 bits per heavy atom. The number of halogens is 3. The van der Waals surface area contributed by atoms with Gasteiger partial charge in [-0.25, -0.2) is 9.37 Å². The van der Waals surface area contributed by atoms with Crippen LogP contribution in [0, 0.1) is 12.7 Å². The van der Waals surface area contributed by atoms with Crippen LogP contribution in [0.15, 0.2) is 24.3 Å². The summed E-state index contributed by atoms with van der Waals surface area (Å²) in [6.45, 7) is 3.09. The molecule has 24 heavy (non-hydrogen) atoms. The van der Waals surface area contributed by atoms with E-state index in [2.05, 4.69) is 10.3 Å². The Morgan fingerprint density at radius 3 is 2.54 bits per heavy atom.